The third-order valence-corrected chi connectivity index (χ3v) is 7.48. The highest BCUT2D eigenvalue weighted by Gasteiger charge is 2.23. The lowest BCUT2D eigenvalue weighted by molar-refractivity contribution is -0.120. The zero-order chi connectivity index (χ0) is 22.8. The van der Waals surface area contributed by atoms with Crippen molar-refractivity contribution in [1.29, 1.82) is 0 Å². The Hall–Kier alpha value is -2.57. The lowest BCUT2D eigenvalue weighted by atomic mass is 9.91. The summed E-state index contributed by atoms with van der Waals surface area (Å²) in [5.74, 6) is 0.239. The summed E-state index contributed by atoms with van der Waals surface area (Å²) in [6, 6.07) is 9.19. The van der Waals surface area contributed by atoms with Crippen LogP contribution in [0.2, 0.25) is 0 Å². The highest BCUT2D eigenvalue weighted by atomic mass is 16.1. The van der Waals surface area contributed by atoms with Crippen molar-refractivity contribution < 1.29 is 4.79 Å². The van der Waals surface area contributed by atoms with Gasteiger partial charge in [-0.05, 0) is 68.9 Å². The van der Waals surface area contributed by atoms with E-state index in [1.807, 2.05) is 24.1 Å². The molecule has 0 radical (unpaired) electrons. The average Bonchev–Trinajstić information content (AvgIpc) is 3.12. The molecule has 0 bridgehead atoms. The number of aryl methyl sites for hydroxylation is 1. The van der Waals surface area contributed by atoms with Gasteiger partial charge in [0.2, 0.25) is 0 Å². The van der Waals surface area contributed by atoms with Gasteiger partial charge in [0.05, 0.1) is 24.9 Å². The molecule has 2 aliphatic rings. The lowest BCUT2D eigenvalue weighted by Crippen LogP contribution is -2.40. The molecule has 0 amide bonds. The van der Waals surface area contributed by atoms with Crippen LogP contribution in [0.15, 0.2) is 36.7 Å². The summed E-state index contributed by atoms with van der Waals surface area (Å²) in [6.45, 7) is 3.79. The topological polar surface area (TPSA) is 54.3 Å². The van der Waals surface area contributed by atoms with Gasteiger partial charge >= 0.3 is 0 Å². The van der Waals surface area contributed by atoms with Gasteiger partial charge < -0.3 is 0 Å². The van der Waals surface area contributed by atoms with Crippen LogP contribution in [0.25, 0.3) is 21.9 Å². The second-order valence-corrected chi connectivity index (χ2v) is 9.92. The molecule has 174 valence electrons. The number of benzene rings is 1. The Bertz CT molecular complexity index is 1130. The van der Waals surface area contributed by atoms with Crippen LogP contribution >= 0.6 is 0 Å². The Labute approximate surface area is 196 Å². The van der Waals surface area contributed by atoms with E-state index >= 15 is 0 Å². The molecule has 1 saturated carbocycles. The summed E-state index contributed by atoms with van der Waals surface area (Å²) in [5, 5.41) is 6.81. The fraction of sp³-hybridized carbons (Fsp3) is 0.519. The highest BCUT2D eigenvalue weighted by molar-refractivity contribution is 5.89. The molecule has 1 aromatic carbocycles. The first-order chi connectivity index (χ1) is 16.1. The number of ketones is 1. The van der Waals surface area contributed by atoms with E-state index in [1.54, 1.807) is 0 Å². The maximum Gasteiger partial charge on any atom is 0.152 e. The minimum Gasteiger partial charge on any atom is -0.298 e. The standard InChI is InChI=1S/C27H35N5O/c1-30(24-7-6-8-24)18-25(33)15-23-14-22-13-20(9-10-21(22)16-28-23)26-17-29-31(2)27(26)19-32-11-4-3-5-12-32/h9-10,13-14,16-17,24H,3-8,11-12,15,18-19H2,1-2H3. The summed E-state index contributed by atoms with van der Waals surface area (Å²) in [5.41, 5.74) is 4.49. The number of nitrogens with zero attached hydrogens (tertiary/aromatic N) is 5. The molecule has 0 unspecified atom stereocenters. The zero-order valence-electron chi connectivity index (χ0n) is 20.0. The van der Waals surface area contributed by atoms with E-state index in [0.717, 1.165) is 23.0 Å². The third-order valence-electron chi connectivity index (χ3n) is 7.48. The molecule has 0 atom stereocenters. The molecule has 3 heterocycles. The van der Waals surface area contributed by atoms with Crippen molar-refractivity contribution in [3.8, 4) is 11.1 Å². The molecule has 1 aliphatic heterocycles. The molecule has 33 heavy (non-hydrogen) atoms. The normalized spacial score (nSPS) is 17.5. The molecule has 6 heteroatoms. The molecule has 0 spiro atoms. The van der Waals surface area contributed by atoms with Crippen molar-refractivity contribution in [2.24, 2.45) is 7.05 Å². The van der Waals surface area contributed by atoms with Crippen molar-refractivity contribution in [2.45, 2.75) is 57.5 Å². The molecule has 2 aromatic heterocycles. The maximum atomic E-state index is 12.6. The minimum atomic E-state index is 0.239. The van der Waals surface area contributed by atoms with Gasteiger partial charge in [-0.25, -0.2) is 0 Å². The van der Waals surface area contributed by atoms with Gasteiger partial charge in [0.15, 0.2) is 5.78 Å². The molecule has 1 saturated heterocycles. The minimum absolute atomic E-state index is 0.239. The molecule has 3 aromatic rings. The Morgan fingerprint density at radius 1 is 1.06 bits per heavy atom. The second kappa shape index (κ2) is 9.74. The predicted molar refractivity (Wildman–Crippen MR) is 132 cm³/mol. The van der Waals surface area contributed by atoms with Crippen LogP contribution in [0.3, 0.4) is 0 Å². The van der Waals surface area contributed by atoms with E-state index in [0.29, 0.717) is 19.0 Å². The monoisotopic (exact) mass is 445 g/mol. The fourth-order valence-corrected chi connectivity index (χ4v) is 5.16. The maximum absolute atomic E-state index is 12.6. The van der Waals surface area contributed by atoms with Gasteiger partial charge in [-0.15, -0.1) is 0 Å². The quantitative estimate of drug-likeness (QED) is 0.520. The molecule has 0 N–H and O–H groups in total. The van der Waals surface area contributed by atoms with E-state index in [4.69, 9.17) is 0 Å². The van der Waals surface area contributed by atoms with Gasteiger partial charge in [-0.2, -0.15) is 5.10 Å². The number of likely N-dealkylation sites (N-methyl/N-ethyl adjacent to an activating group) is 1. The van der Waals surface area contributed by atoms with Crippen LogP contribution in [0.4, 0.5) is 0 Å². The van der Waals surface area contributed by atoms with E-state index < -0.39 is 0 Å². The van der Waals surface area contributed by atoms with E-state index in [-0.39, 0.29) is 5.78 Å². The summed E-state index contributed by atoms with van der Waals surface area (Å²) in [7, 11) is 4.11. The number of carbonyl (C=O) groups is 1. The Balaban J connectivity index is 1.34. The number of likely N-dealkylation sites (tertiary alicyclic amines) is 1. The number of aromatic nitrogens is 3. The molecular weight excluding hydrogens is 410 g/mol. The van der Waals surface area contributed by atoms with Crippen molar-refractivity contribution in [2.75, 3.05) is 26.7 Å². The summed E-state index contributed by atoms with van der Waals surface area (Å²) in [6.07, 6.45) is 11.9. The number of fused-ring (bicyclic) bond motifs is 1. The number of pyridine rings is 1. The first-order valence-electron chi connectivity index (χ1n) is 12.4. The molecular formula is C27H35N5O. The molecule has 2 fully saturated rings. The van der Waals surface area contributed by atoms with Gasteiger partial charge in [-0.1, -0.05) is 25.0 Å². The fourth-order valence-electron chi connectivity index (χ4n) is 5.16. The Kier molecular flexibility index (Phi) is 6.56. The predicted octanol–water partition coefficient (Wildman–Crippen LogP) is 4.22. The second-order valence-electron chi connectivity index (χ2n) is 9.92. The summed E-state index contributed by atoms with van der Waals surface area (Å²) < 4.78 is 2.02. The highest BCUT2D eigenvalue weighted by Crippen LogP contribution is 2.29. The van der Waals surface area contributed by atoms with Gasteiger partial charge in [0.25, 0.3) is 0 Å². The van der Waals surface area contributed by atoms with Crippen LogP contribution in [0, 0.1) is 0 Å². The lowest BCUT2D eigenvalue weighted by Gasteiger charge is -2.34. The number of rotatable bonds is 8. The van der Waals surface area contributed by atoms with Crippen LogP contribution in [-0.2, 0) is 24.8 Å². The van der Waals surface area contributed by atoms with E-state index in [2.05, 4.69) is 51.2 Å². The Morgan fingerprint density at radius 2 is 1.88 bits per heavy atom. The zero-order valence-corrected chi connectivity index (χ0v) is 20.0. The van der Waals surface area contributed by atoms with Gasteiger partial charge in [0, 0.05) is 42.5 Å². The average molecular weight is 446 g/mol. The first kappa shape index (κ1) is 22.2. The largest absolute Gasteiger partial charge is 0.298 e. The first-order valence-corrected chi connectivity index (χ1v) is 12.4. The SMILES string of the molecule is CN(CC(=O)Cc1cc2cc(-c3cnn(C)c3CN3CCCCC3)ccc2cn1)C1CCC1. The Morgan fingerprint density at radius 3 is 2.64 bits per heavy atom. The van der Waals surface area contributed by atoms with E-state index in [1.165, 1.54) is 68.4 Å². The van der Waals surface area contributed by atoms with Crippen LogP contribution in [0.5, 0.6) is 0 Å². The number of hydrogen-bond acceptors (Lipinski definition) is 5. The molecule has 5 rings (SSSR count). The third kappa shape index (κ3) is 5.02. The van der Waals surface area contributed by atoms with Crippen molar-refractivity contribution in [3.05, 3.63) is 48.0 Å². The number of piperidine rings is 1. The summed E-state index contributed by atoms with van der Waals surface area (Å²) in [4.78, 5) is 21.9. The van der Waals surface area contributed by atoms with E-state index in [9.17, 15) is 4.79 Å². The van der Waals surface area contributed by atoms with Gasteiger partial charge in [0.1, 0.15) is 0 Å². The van der Waals surface area contributed by atoms with Crippen LogP contribution in [-0.4, -0.2) is 63.1 Å². The van der Waals surface area contributed by atoms with Gasteiger partial charge in [-0.3, -0.25) is 24.3 Å². The van der Waals surface area contributed by atoms with Crippen LogP contribution in [0.1, 0.15) is 49.9 Å². The van der Waals surface area contributed by atoms with Crippen molar-refractivity contribution in [1.82, 2.24) is 24.6 Å². The number of Topliss-reactive ketones (excluding diaryl/α,β-unsaturated/α-hetero) is 1. The molecule has 6 nitrogen and oxygen atoms in total. The number of hydrogen-bond donors (Lipinski definition) is 0. The van der Waals surface area contributed by atoms with Crippen molar-refractivity contribution >= 4 is 16.6 Å². The van der Waals surface area contributed by atoms with Crippen molar-refractivity contribution in [3.63, 3.8) is 0 Å². The number of carbonyl (C=O) groups excluding carboxylic acids is 1. The molecule has 1 aliphatic carbocycles. The smallest absolute Gasteiger partial charge is 0.152 e. The van der Waals surface area contributed by atoms with Crippen LogP contribution < -0.4 is 0 Å². The summed E-state index contributed by atoms with van der Waals surface area (Å²) >= 11 is 0.